The van der Waals surface area contributed by atoms with Gasteiger partial charge in [-0.25, -0.2) is 12.8 Å². The molecule has 1 fully saturated rings. The van der Waals surface area contributed by atoms with E-state index in [0.29, 0.717) is 5.02 Å². The van der Waals surface area contributed by atoms with Crippen LogP contribution in [0.4, 0.5) is 4.39 Å². The summed E-state index contributed by atoms with van der Waals surface area (Å²) < 4.78 is 41.6. The number of rotatable bonds is 7. The molecule has 1 aliphatic carbocycles. The van der Waals surface area contributed by atoms with Crippen LogP contribution in [0.3, 0.4) is 0 Å². The number of carbonyl (C=O) groups excluding carboxylic acids is 1. The van der Waals surface area contributed by atoms with Crippen LogP contribution in [0, 0.1) is 5.82 Å². The van der Waals surface area contributed by atoms with Crippen LogP contribution in [0.1, 0.15) is 31.2 Å². The van der Waals surface area contributed by atoms with Crippen molar-refractivity contribution in [1.82, 2.24) is 9.62 Å². The zero-order valence-electron chi connectivity index (χ0n) is 15.6. The van der Waals surface area contributed by atoms with Gasteiger partial charge >= 0.3 is 0 Å². The molecule has 1 N–H and O–H groups in total. The Hall–Kier alpha value is -1.67. The second kappa shape index (κ2) is 9.43. The van der Waals surface area contributed by atoms with Crippen molar-refractivity contribution in [1.29, 1.82) is 0 Å². The Morgan fingerprint density at radius 3 is 2.38 bits per heavy atom. The second-order valence-corrected chi connectivity index (χ2v) is 9.76. The monoisotopic (exact) mass is 458 g/mol. The highest BCUT2D eigenvalue weighted by atomic mass is 35.5. The average Bonchev–Trinajstić information content (AvgIpc) is 3.17. The molecule has 0 bridgehead atoms. The van der Waals surface area contributed by atoms with Crippen molar-refractivity contribution in [3.63, 3.8) is 0 Å². The number of nitrogens with zero attached hydrogens (tertiary/aromatic N) is 1. The highest BCUT2D eigenvalue weighted by Gasteiger charge is 2.29. The van der Waals surface area contributed by atoms with Crippen LogP contribution < -0.4 is 5.32 Å². The minimum atomic E-state index is -4.09. The molecule has 2 aromatic rings. The molecule has 1 aliphatic rings. The standard InChI is InChI=1S/C20H21Cl2FN2O3S/c21-14-8-10-16(11-9-14)29(27,28)25(12-17-18(22)6-3-7-19(17)23)13-20(26)24-15-4-1-2-5-15/h3,6-11,15H,1-2,4-5,12-13H2,(H,24,26). The number of nitrogens with one attached hydrogen (secondary N) is 1. The van der Waals surface area contributed by atoms with Crippen molar-refractivity contribution in [3.05, 3.63) is 63.9 Å². The minimum absolute atomic E-state index is 0.0142. The zero-order valence-corrected chi connectivity index (χ0v) is 17.9. The number of amides is 1. The number of carbonyl (C=O) groups is 1. The molecule has 1 saturated carbocycles. The van der Waals surface area contributed by atoms with E-state index in [-0.39, 0.29) is 28.1 Å². The van der Waals surface area contributed by atoms with Gasteiger partial charge in [0.2, 0.25) is 15.9 Å². The summed E-state index contributed by atoms with van der Waals surface area (Å²) >= 11 is 11.9. The van der Waals surface area contributed by atoms with Crippen molar-refractivity contribution in [2.24, 2.45) is 0 Å². The van der Waals surface area contributed by atoms with Gasteiger partial charge in [0, 0.05) is 28.2 Å². The third kappa shape index (κ3) is 5.48. The first-order valence-electron chi connectivity index (χ1n) is 9.25. The Balaban J connectivity index is 1.89. The fraction of sp³-hybridized carbons (Fsp3) is 0.350. The van der Waals surface area contributed by atoms with E-state index >= 15 is 0 Å². The maximum absolute atomic E-state index is 14.3. The molecular weight excluding hydrogens is 438 g/mol. The number of hydrogen-bond donors (Lipinski definition) is 1. The maximum atomic E-state index is 14.3. The molecule has 2 aromatic carbocycles. The Labute approximate surface area is 179 Å². The van der Waals surface area contributed by atoms with Crippen LogP contribution in [-0.2, 0) is 21.4 Å². The summed E-state index contributed by atoms with van der Waals surface area (Å²) in [4.78, 5) is 12.5. The molecule has 29 heavy (non-hydrogen) atoms. The first-order chi connectivity index (χ1) is 13.8. The highest BCUT2D eigenvalue weighted by molar-refractivity contribution is 7.89. The van der Waals surface area contributed by atoms with Crippen molar-refractivity contribution in [2.75, 3.05) is 6.54 Å². The largest absolute Gasteiger partial charge is 0.352 e. The Morgan fingerprint density at radius 2 is 1.76 bits per heavy atom. The van der Waals surface area contributed by atoms with Gasteiger partial charge in [0.25, 0.3) is 0 Å². The van der Waals surface area contributed by atoms with E-state index in [1.165, 1.54) is 42.5 Å². The lowest BCUT2D eigenvalue weighted by molar-refractivity contribution is -0.122. The molecule has 0 heterocycles. The molecule has 1 amide bonds. The van der Waals surface area contributed by atoms with Gasteiger partial charge in [-0.15, -0.1) is 0 Å². The molecule has 0 radical (unpaired) electrons. The lowest BCUT2D eigenvalue weighted by atomic mass is 10.2. The Bertz CT molecular complexity index is 957. The molecule has 3 rings (SSSR count). The summed E-state index contributed by atoms with van der Waals surface area (Å²) in [6.07, 6.45) is 3.80. The third-order valence-electron chi connectivity index (χ3n) is 4.89. The van der Waals surface area contributed by atoms with Gasteiger partial charge in [-0.1, -0.05) is 42.1 Å². The molecule has 5 nitrogen and oxygen atoms in total. The van der Waals surface area contributed by atoms with E-state index in [0.717, 1.165) is 30.0 Å². The summed E-state index contributed by atoms with van der Waals surface area (Å²) in [5.74, 6) is -1.06. The van der Waals surface area contributed by atoms with Gasteiger partial charge in [-0.3, -0.25) is 4.79 Å². The Morgan fingerprint density at radius 1 is 1.10 bits per heavy atom. The van der Waals surface area contributed by atoms with E-state index < -0.39 is 28.3 Å². The lowest BCUT2D eigenvalue weighted by Crippen LogP contribution is -2.43. The van der Waals surface area contributed by atoms with E-state index in [2.05, 4.69) is 5.32 Å². The first kappa shape index (κ1) is 22.0. The van der Waals surface area contributed by atoms with E-state index in [9.17, 15) is 17.6 Å². The number of benzene rings is 2. The third-order valence-corrected chi connectivity index (χ3v) is 7.30. The van der Waals surface area contributed by atoms with Gasteiger partial charge in [0.1, 0.15) is 5.82 Å². The zero-order chi connectivity index (χ0) is 21.0. The van der Waals surface area contributed by atoms with Crippen molar-refractivity contribution in [3.8, 4) is 0 Å². The highest BCUT2D eigenvalue weighted by Crippen LogP contribution is 2.25. The van der Waals surface area contributed by atoms with E-state index in [1.54, 1.807) is 0 Å². The van der Waals surface area contributed by atoms with Crippen LogP contribution in [-0.4, -0.2) is 31.2 Å². The Kier molecular flexibility index (Phi) is 7.16. The fourth-order valence-electron chi connectivity index (χ4n) is 3.34. The summed E-state index contributed by atoms with van der Waals surface area (Å²) in [5.41, 5.74) is 0.0142. The normalized spacial score (nSPS) is 15.0. The predicted molar refractivity (Wildman–Crippen MR) is 111 cm³/mol. The van der Waals surface area contributed by atoms with Crippen LogP contribution >= 0.6 is 23.2 Å². The first-order valence-corrected chi connectivity index (χ1v) is 11.4. The number of hydrogen-bond acceptors (Lipinski definition) is 3. The predicted octanol–water partition coefficient (Wildman–Crippen LogP) is 4.38. The maximum Gasteiger partial charge on any atom is 0.243 e. The van der Waals surface area contributed by atoms with Crippen LogP contribution in [0.15, 0.2) is 47.4 Å². The van der Waals surface area contributed by atoms with Crippen molar-refractivity contribution >= 4 is 39.1 Å². The molecule has 0 spiro atoms. The molecule has 156 valence electrons. The molecular formula is C20H21Cl2FN2O3S. The molecule has 0 saturated heterocycles. The number of sulfonamides is 1. The molecule has 9 heteroatoms. The van der Waals surface area contributed by atoms with Gasteiger partial charge in [-0.05, 0) is 49.2 Å². The molecule has 0 aromatic heterocycles. The molecule has 0 aliphatic heterocycles. The summed E-state index contributed by atoms with van der Waals surface area (Å²) in [5, 5.41) is 3.34. The van der Waals surface area contributed by atoms with Crippen LogP contribution in [0.25, 0.3) is 0 Å². The van der Waals surface area contributed by atoms with Crippen molar-refractivity contribution < 1.29 is 17.6 Å². The van der Waals surface area contributed by atoms with Gasteiger partial charge in [-0.2, -0.15) is 4.31 Å². The number of halogens is 3. The second-order valence-electron chi connectivity index (χ2n) is 6.98. The molecule has 0 unspecified atom stereocenters. The summed E-state index contributed by atoms with van der Waals surface area (Å²) in [6.45, 7) is -0.805. The minimum Gasteiger partial charge on any atom is -0.352 e. The van der Waals surface area contributed by atoms with Gasteiger partial charge in [0.15, 0.2) is 0 Å². The van der Waals surface area contributed by atoms with Crippen molar-refractivity contribution in [2.45, 2.75) is 43.2 Å². The quantitative estimate of drug-likeness (QED) is 0.668. The fourth-order valence-corrected chi connectivity index (χ4v) is 5.06. The van der Waals surface area contributed by atoms with E-state index in [4.69, 9.17) is 23.2 Å². The summed E-state index contributed by atoms with van der Waals surface area (Å²) in [6, 6.07) is 9.75. The smallest absolute Gasteiger partial charge is 0.243 e. The van der Waals surface area contributed by atoms with E-state index in [1.807, 2.05) is 0 Å². The van der Waals surface area contributed by atoms with Gasteiger partial charge < -0.3 is 5.32 Å². The van der Waals surface area contributed by atoms with Crippen LogP contribution in [0.2, 0.25) is 10.0 Å². The topological polar surface area (TPSA) is 66.5 Å². The average molecular weight is 459 g/mol. The lowest BCUT2D eigenvalue weighted by Gasteiger charge is -2.23. The summed E-state index contributed by atoms with van der Waals surface area (Å²) in [7, 11) is -4.09. The van der Waals surface area contributed by atoms with Gasteiger partial charge in [0.05, 0.1) is 11.4 Å². The van der Waals surface area contributed by atoms with Crippen LogP contribution in [0.5, 0.6) is 0 Å². The molecule has 0 atom stereocenters. The SMILES string of the molecule is O=C(CN(Cc1c(F)cccc1Cl)S(=O)(=O)c1ccc(Cl)cc1)NC1CCCC1.